The van der Waals surface area contributed by atoms with Crippen LogP contribution in [0.15, 0.2) is 40.9 Å². The van der Waals surface area contributed by atoms with Crippen molar-refractivity contribution in [3.05, 3.63) is 48.0 Å². The highest BCUT2D eigenvalue weighted by Gasteiger charge is 2.43. The third-order valence-corrected chi connectivity index (χ3v) is 5.40. The number of aromatic amines is 1. The van der Waals surface area contributed by atoms with Gasteiger partial charge < -0.3 is 19.8 Å². The van der Waals surface area contributed by atoms with Gasteiger partial charge in [-0.05, 0) is 38.0 Å². The maximum atomic E-state index is 12.4. The molecule has 2 amide bonds. The minimum Gasteiger partial charge on any atom is -0.431 e. The van der Waals surface area contributed by atoms with Crippen molar-refractivity contribution < 1.29 is 41.5 Å². The van der Waals surface area contributed by atoms with Crippen LogP contribution in [0.4, 0.5) is 13.2 Å². The molecule has 0 spiro atoms. The fraction of sp³-hybridized carbons (Fsp3) is 0.333. The molecule has 0 aliphatic heterocycles. The van der Waals surface area contributed by atoms with Gasteiger partial charge in [0.15, 0.2) is 0 Å². The standard InChI is InChI=1S/C24H24F3N5O6/c1-4-15(5-2)30-20(34)18-11-28-21(37-18)14-8-6-7-13(9-14)16-10-17(32-31-16)19(33)29-12(3)22(35)38-23(36)24(25,26)27/h6-12,15H,4-5H2,1-3H3,(H,29,33)(H,30,34)(H,31,32). The van der Waals surface area contributed by atoms with Crippen LogP contribution in [0.1, 0.15) is 54.7 Å². The average Bonchev–Trinajstić information content (AvgIpc) is 3.57. The van der Waals surface area contributed by atoms with Gasteiger partial charge in [-0.25, -0.2) is 14.6 Å². The minimum absolute atomic E-state index is 0.0152. The Morgan fingerprint density at radius 1 is 1.05 bits per heavy atom. The zero-order chi connectivity index (χ0) is 28.0. The molecule has 202 valence electrons. The van der Waals surface area contributed by atoms with Crippen LogP contribution >= 0.6 is 0 Å². The van der Waals surface area contributed by atoms with Crippen LogP contribution in [0.2, 0.25) is 0 Å². The molecule has 3 aromatic rings. The Labute approximate surface area is 214 Å². The molecule has 0 aliphatic carbocycles. The number of nitrogens with zero attached hydrogens (tertiary/aromatic N) is 2. The van der Waals surface area contributed by atoms with Crippen LogP contribution in [-0.4, -0.2) is 57.2 Å². The number of carbonyl (C=O) groups is 4. The fourth-order valence-electron chi connectivity index (χ4n) is 3.23. The number of benzene rings is 1. The van der Waals surface area contributed by atoms with Crippen LogP contribution in [0.25, 0.3) is 22.7 Å². The molecule has 0 radical (unpaired) electrons. The van der Waals surface area contributed by atoms with Crippen LogP contribution in [0, 0.1) is 0 Å². The molecule has 1 unspecified atom stereocenters. The fourth-order valence-corrected chi connectivity index (χ4v) is 3.23. The van der Waals surface area contributed by atoms with E-state index >= 15 is 0 Å². The van der Waals surface area contributed by atoms with E-state index in [0.29, 0.717) is 16.8 Å². The van der Waals surface area contributed by atoms with Gasteiger partial charge in [-0.15, -0.1) is 0 Å². The van der Waals surface area contributed by atoms with Crippen LogP contribution < -0.4 is 10.6 Å². The van der Waals surface area contributed by atoms with E-state index in [1.807, 2.05) is 13.8 Å². The van der Waals surface area contributed by atoms with Crippen LogP contribution in [0.3, 0.4) is 0 Å². The first-order valence-electron chi connectivity index (χ1n) is 11.5. The van der Waals surface area contributed by atoms with Crippen molar-refractivity contribution in [2.24, 2.45) is 0 Å². The number of halogens is 3. The van der Waals surface area contributed by atoms with Gasteiger partial charge in [-0.1, -0.05) is 26.0 Å². The molecule has 0 aliphatic rings. The number of amides is 2. The lowest BCUT2D eigenvalue weighted by molar-refractivity contribution is -0.202. The first-order valence-corrected chi connectivity index (χ1v) is 11.5. The normalized spacial score (nSPS) is 12.2. The van der Waals surface area contributed by atoms with E-state index in [9.17, 15) is 32.3 Å². The topological polar surface area (TPSA) is 156 Å². The van der Waals surface area contributed by atoms with Crippen LogP contribution in [0.5, 0.6) is 0 Å². The van der Waals surface area contributed by atoms with E-state index in [4.69, 9.17) is 4.42 Å². The summed E-state index contributed by atoms with van der Waals surface area (Å²) in [6, 6.07) is 6.54. The molecule has 1 aromatic carbocycles. The number of oxazole rings is 1. The second-order valence-electron chi connectivity index (χ2n) is 8.17. The molecule has 1 atom stereocenters. The molecule has 0 saturated carbocycles. The van der Waals surface area contributed by atoms with Gasteiger partial charge >= 0.3 is 18.1 Å². The number of hydrogen-bond donors (Lipinski definition) is 3. The van der Waals surface area contributed by atoms with E-state index in [0.717, 1.165) is 19.8 Å². The number of esters is 2. The Balaban J connectivity index is 1.69. The molecule has 2 aromatic heterocycles. The lowest BCUT2D eigenvalue weighted by Gasteiger charge is -2.12. The Morgan fingerprint density at radius 2 is 1.74 bits per heavy atom. The molecule has 0 saturated heterocycles. The number of carbonyl (C=O) groups excluding carboxylic acids is 4. The molecule has 3 rings (SSSR count). The molecule has 0 fully saturated rings. The van der Waals surface area contributed by atoms with Crippen molar-refractivity contribution in [2.45, 2.75) is 51.9 Å². The summed E-state index contributed by atoms with van der Waals surface area (Å²) < 4.78 is 46.1. The highest BCUT2D eigenvalue weighted by atomic mass is 19.4. The molecule has 11 nitrogen and oxygen atoms in total. The summed E-state index contributed by atoms with van der Waals surface area (Å²) in [6.45, 7) is 4.98. The van der Waals surface area contributed by atoms with E-state index in [1.165, 1.54) is 12.3 Å². The molecule has 0 bridgehead atoms. The summed E-state index contributed by atoms with van der Waals surface area (Å²) in [5, 5.41) is 11.5. The van der Waals surface area contributed by atoms with Crippen molar-refractivity contribution in [3.8, 4) is 22.7 Å². The number of rotatable bonds is 9. The molecule has 38 heavy (non-hydrogen) atoms. The lowest BCUT2D eigenvalue weighted by atomic mass is 10.1. The predicted molar refractivity (Wildman–Crippen MR) is 125 cm³/mol. The average molecular weight is 535 g/mol. The molecule has 3 N–H and O–H groups in total. The molecular weight excluding hydrogens is 511 g/mol. The van der Waals surface area contributed by atoms with Gasteiger partial charge in [0.2, 0.25) is 11.7 Å². The smallest absolute Gasteiger partial charge is 0.431 e. The Kier molecular flexibility index (Phi) is 8.65. The summed E-state index contributed by atoms with van der Waals surface area (Å²) in [6.07, 6.45) is -2.48. The van der Waals surface area contributed by atoms with Crippen molar-refractivity contribution >= 4 is 23.8 Å². The van der Waals surface area contributed by atoms with Crippen molar-refractivity contribution in [1.82, 2.24) is 25.8 Å². The second-order valence-corrected chi connectivity index (χ2v) is 8.17. The maximum Gasteiger partial charge on any atom is 0.491 e. The summed E-state index contributed by atoms with van der Waals surface area (Å²) in [5.74, 6) is -5.26. The van der Waals surface area contributed by atoms with Gasteiger partial charge in [0, 0.05) is 17.2 Å². The molecule has 14 heteroatoms. The largest absolute Gasteiger partial charge is 0.491 e. The van der Waals surface area contributed by atoms with E-state index in [1.54, 1.807) is 24.3 Å². The first kappa shape index (κ1) is 28.1. The lowest BCUT2D eigenvalue weighted by Crippen LogP contribution is -2.42. The van der Waals surface area contributed by atoms with E-state index in [-0.39, 0.29) is 29.3 Å². The summed E-state index contributed by atoms with van der Waals surface area (Å²) in [5.41, 5.74) is 1.28. The van der Waals surface area contributed by atoms with Gasteiger partial charge in [-0.3, -0.25) is 14.7 Å². The number of ether oxygens (including phenoxy) is 1. The number of hydrogen-bond acceptors (Lipinski definition) is 8. The molecule has 2 heterocycles. The zero-order valence-corrected chi connectivity index (χ0v) is 20.5. The van der Waals surface area contributed by atoms with Crippen molar-refractivity contribution in [1.29, 1.82) is 0 Å². The quantitative estimate of drug-likeness (QED) is 0.278. The first-order chi connectivity index (χ1) is 17.9. The second kappa shape index (κ2) is 11.7. The summed E-state index contributed by atoms with van der Waals surface area (Å²) in [4.78, 5) is 51.4. The number of H-pyrrole nitrogens is 1. The van der Waals surface area contributed by atoms with Crippen molar-refractivity contribution in [2.75, 3.05) is 0 Å². The highest BCUT2D eigenvalue weighted by Crippen LogP contribution is 2.26. The Bertz CT molecular complexity index is 1330. The number of nitrogens with one attached hydrogen (secondary N) is 3. The highest BCUT2D eigenvalue weighted by molar-refractivity contribution is 5.98. The van der Waals surface area contributed by atoms with E-state index in [2.05, 4.69) is 30.6 Å². The van der Waals surface area contributed by atoms with Gasteiger partial charge in [-0.2, -0.15) is 18.3 Å². The predicted octanol–water partition coefficient (Wildman–Crippen LogP) is 3.40. The van der Waals surface area contributed by atoms with Crippen molar-refractivity contribution in [3.63, 3.8) is 0 Å². The van der Waals surface area contributed by atoms with Gasteiger partial charge in [0.25, 0.3) is 11.8 Å². The summed E-state index contributed by atoms with van der Waals surface area (Å²) >= 11 is 0. The maximum absolute atomic E-state index is 12.4. The third-order valence-electron chi connectivity index (χ3n) is 5.40. The Morgan fingerprint density at radius 3 is 2.39 bits per heavy atom. The Hall–Kier alpha value is -4.49. The monoisotopic (exact) mass is 535 g/mol. The number of alkyl halides is 3. The molecular formula is C24H24F3N5O6. The number of aromatic nitrogens is 3. The zero-order valence-electron chi connectivity index (χ0n) is 20.5. The van der Waals surface area contributed by atoms with Gasteiger partial charge in [0.05, 0.1) is 11.9 Å². The minimum atomic E-state index is -5.35. The van der Waals surface area contributed by atoms with Crippen LogP contribution in [-0.2, 0) is 14.3 Å². The van der Waals surface area contributed by atoms with Gasteiger partial charge in [0.1, 0.15) is 11.7 Å². The third kappa shape index (κ3) is 6.83. The summed E-state index contributed by atoms with van der Waals surface area (Å²) in [7, 11) is 0. The van der Waals surface area contributed by atoms with E-state index < -0.39 is 30.1 Å². The SMILES string of the molecule is CCC(CC)NC(=O)c1cnc(-c2cccc(-c3cc(C(=O)NC(C)C(=O)OC(=O)C(F)(F)F)[nH]n3)c2)o1.